The number of ketones is 3. The minimum Gasteiger partial charge on any atom is -0.390 e. The zero-order chi connectivity index (χ0) is 64.4. The van der Waals surface area contributed by atoms with Crippen LogP contribution in [-0.2, 0) is 41.7 Å². The summed E-state index contributed by atoms with van der Waals surface area (Å²) < 4.78 is 19.7. The van der Waals surface area contributed by atoms with Crippen LogP contribution in [0.2, 0.25) is 0 Å². The first kappa shape index (κ1) is 67.6. The summed E-state index contributed by atoms with van der Waals surface area (Å²) in [6.07, 6.45) is 36.6. The van der Waals surface area contributed by atoms with E-state index in [0.717, 1.165) is 140 Å². The van der Waals surface area contributed by atoms with Crippen LogP contribution in [0, 0.1) is 123 Å². The lowest BCUT2D eigenvalue weighted by atomic mass is 9.48. The number of methoxy groups -OCH3 is 3. The largest absolute Gasteiger partial charge is 0.390 e. The number of aromatic nitrogens is 9. The molecule has 3 heterocycles. The zero-order valence-corrected chi connectivity index (χ0v) is 58.0. The van der Waals surface area contributed by atoms with E-state index in [4.69, 9.17) is 14.2 Å². The third kappa shape index (κ3) is 13.1. The summed E-state index contributed by atoms with van der Waals surface area (Å²) in [5.74, 6) is 11.2. The van der Waals surface area contributed by atoms with Crippen LogP contribution in [-0.4, -0.2) is 140 Å². The highest BCUT2D eigenvalue weighted by Gasteiger charge is 2.64. The molecule has 0 spiro atoms. The number of alkyl halides is 1. The molecule has 15 rings (SSSR count). The average Bonchev–Trinajstić information content (AvgIpc) is 1.74. The fourth-order valence-electron chi connectivity index (χ4n) is 24.9. The number of halogens is 1. The van der Waals surface area contributed by atoms with Crippen molar-refractivity contribution >= 4 is 33.3 Å². The first-order valence-corrected chi connectivity index (χ1v) is 36.9. The number of nitrogens with one attached hydrogen (secondary N) is 1. The van der Waals surface area contributed by atoms with Gasteiger partial charge in [0.2, 0.25) is 0 Å². The topological polar surface area (TPSA) is 243 Å². The van der Waals surface area contributed by atoms with E-state index in [1.54, 1.807) is 41.9 Å². The fraction of sp³-hybridized carbons (Fsp3) is 0.875. The highest BCUT2D eigenvalue weighted by Crippen LogP contribution is 2.68. The maximum atomic E-state index is 13.2. The third-order valence-electron chi connectivity index (χ3n) is 28.9. The molecule has 12 aliphatic rings. The second-order valence-corrected chi connectivity index (χ2v) is 34.0. The van der Waals surface area contributed by atoms with Crippen molar-refractivity contribution < 1.29 is 43.9 Å². The molecular weight excluding hydrogens is 1210 g/mol. The molecule has 91 heavy (non-hydrogen) atoms. The fourth-order valence-corrected chi connectivity index (χ4v) is 25.3. The number of hydrogen-bond acceptors (Lipinski definition) is 15. The Balaban J connectivity index is 0.000000127. The van der Waals surface area contributed by atoms with Gasteiger partial charge in [0.1, 0.15) is 18.9 Å². The molecular formula is C72H112BrN9O9. The smallest absolute Gasteiger partial charge is 0.159 e. The van der Waals surface area contributed by atoms with Gasteiger partial charge in [0.25, 0.3) is 0 Å². The van der Waals surface area contributed by atoms with Gasteiger partial charge in [-0.15, -0.1) is 5.10 Å². The molecule has 3 aromatic heterocycles. The molecule has 12 saturated carbocycles. The molecule has 19 heteroatoms. The Bertz CT molecular complexity index is 2760. The van der Waals surface area contributed by atoms with E-state index in [1.165, 1.54) is 36.9 Å². The van der Waals surface area contributed by atoms with E-state index in [2.05, 4.69) is 72.6 Å². The summed E-state index contributed by atoms with van der Waals surface area (Å²) in [5, 5.41) is 58.0. The lowest BCUT2D eigenvalue weighted by molar-refractivity contribution is -0.155. The number of carbonyl (C=O) groups is 3. The Labute approximate surface area is 550 Å². The lowest BCUT2D eigenvalue weighted by Crippen LogP contribution is -2.55. The van der Waals surface area contributed by atoms with Crippen molar-refractivity contribution in [2.24, 2.45) is 123 Å². The van der Waals surface area contributed by atoms with Crippen molar-refractivity contribution in [2.45, 2.75) is 244 Å². The number of Topliss-reactive ketones (excluding diaryl/α,β-unsaturated/α-hetero) is 3. The molecule has 0 aliphatic heterocycles. The van der Waals surface area contributed by atoms with Crippen molar-refractivity contribution in [3.05, 3.63) is 37.2 Å². The van der Waals surface area contributed by atoms with Crippen LogP contribution in [0.5, 0.6) is 0 Å². The summed E-state index contributed by atoms with van der Waals surface area (Å²) in [6, 6.07) is 0. The van der Waals surface area contributed by atoms with E-state index in [-0.39, 0.29) is 52.3 Å². The molecule has 0 bridgehead atoms. The first-order valence-electron chi connectivity index (χ1n) is 35.8. The molecule has 12 aliphatic carbocycles. The minimum absolute atomic E-state index is 0.0939. The SMILES string of the molecule is CO[C@@H]1C[C@@H]2[C@H](CC[C@]3(C)[C@@H](C(=O)CBr)CC[C@@H]23)[C@H]2CC[C@@](C)(O)C[C@H]21.CO[C@@H]1C[C@@H]2[C@H](CC[C@]3(C)[C@@H](C(=O)Cn4ccnn4)CC[C@@H]23)[C@H]2CC[C@@](C)(O)C[C@H]21.CO[C@@H]1C[C@@H]2[C@H](CC[C@]3(C)[C@@H](C(=O)Cn4nccn4)CC[C@@H]23)[C@H]2CC[C@@](C)(O)C[C@H]21.c1cn[nH]n1. The van der Waals surface area contributed by atoms with Gasteiger partial charge in [-0.25, -0.2) is 4.68 Å². The molecule has 4 N–H and O–H groups in total. The molecule has 18 nitrogen and oxygen atoms in total. The minimum atomic E-state index is -0.542. The van der Waals surface area contributed by atoms with Gasteiger partial charge in [-0.1, -0.05) is 41.9 Å². The number of fused-ring (bicyclic) bond motifs is 15. The van der Waals surface area contributed by atoms with Gasteiger partial charge in [-0.3, -0.25) is 14.4 Å². The van der Waals surface area contributed by atoms with Crippen molar-refractivity contribution in [3.8, 4) is 0 Å². The molecule has 3 aromatic rings. The van der Waals surface area contributed by atoms with Crippen LogP contribution in [0.3, 0.4) is 0 Å². The van der Waals surface area contributed by atoms with Gasteiger partial charge in [-0.05, 0) is 280 Å². The van der Waals surface area contributed by atoms with E-state index in [9.17, 15) is 29.7 Å². The van der Waals surface area contributed by atoms with Gasteiger partial charge in [-0.2, -0.15) is 30.4 Å². The molecule has 506 valence electrons. The summed E-state index contributed by atoms with van der Waals surface area (Å²) in [7, 11) is 5.57. The molecule has 0 amide bonds. The van der Waals surface area contributed by atoms with Crippen LogP contribution < -0.4 is 0 Å². The summed E-state index contributed by atoms with van der Waals surface area (Å²) in [6.45, 7) is 13.9. The Hall–Kier alpha value is -3.33. The summed E-state index contributed by atoms with van der Waals surface area (Å²) >= 11 is 3.42. The predicted octanol–water partition coefficient (Wildman–Crippen LogP) is 11.4. The number of ether oxygens (including phenoxy) is 3. The van der Waals surface area contributed by atoms with Gasteiger partial charge in [0.15, 0.2) is 11.6 Å². The molecule has 12 fully saturated rings. The normalized spacial score (nSPS) is 47.3. The van der Waals surface area contributed by atoms with Crippen LogP contribution >= 0.6 is 15.9 Å². The average molecular weight is 1330 g/mol. The Morgan fingerprint density at radius 3 is 1.14 bits per heavy atom. The van der Waals surface area contributed by atoms with Crippen LogP contribution in [0.15, 0.2) is 37.2 Å². The highest BCUT2D eigenvalue weighted by molar-refractivity contribution is 9.09. The van der Waals surface area contributed by atoms with E-state index in [1.807, 2.05) is 42.1 Å². The van der Waals surface area contributed by atoms with Gasteiger partial charge < -0.3 is 29.5 Å². The zero-order valence-electron chi connectivity index (χ0n) is 56.4. The van der Waals surface area contributed by atoms with Crippen LogP contribution in [0.4, 0.5) is 0 Å². The van der Waals surface area contributed by atoms with Gasteiger partial charge in [0.05, 0.1) is 71.4 Å². The Morgan fingerprint density at radius 1 is 0.462 bits per heavy atom. The van der Waals surface area contributed by atoms with Crippen LogP contribution in [0.1, 0.15) is 196 Å². The molecule has 0 unspecified atom stereocenters. The van der Waals surface area contributed by atoms with Gasteiger partial charge in [0, 0.05) is 45.3 Å². The third-order valence-corrected chi connectivity index (χ3v) is 29.4. The van der Waals surface area contributed by atoms with E-state index >= 15 is 0 Å². The Kier molecular flexibility index (Phi) is 20.0. The van der Waals surface area contributed by atoms with Crippen molar-refractivity contribution in [3.63, 3.8) is 0 Å². The standard InChI is InChI=1S/2C24H37N3O3.C22H35BrO3.C2H3N3/c1-23(29)8-6-16-15-7-9-24(2)19(17(15)12-22(30-3)18(16)13-23)4-5-20(24)21(28)14-27-11-10-25-26-27;1-23(29)8-6-16-15-7-9-24(2)19(17(15)12-22(30-3)18(16)13-23)4-5-20(24)21(28)14-27-25-10-11-26-27;1-21(25)8-6-14-13-7-9-22(2)17(4-5-18(22)19(24)12-23)15(13)10-20(26-3)16(14)11-21;1-2-4-5-3-1/h2*10-11,15-20,22,29H,4-9,12-14H2,1-3H3;13-18,20,25H,4-12H2,1-3H3;1-2H,(H,3,4,5)/t2*15-,16-,17-,18-,19+,20-,22-,23-,24+;13-,14-,15-,16-,17+,18-,20-,21-,22+;/m111./s1. The van der Waals surface area contributed by atoms with Crippen molar-refractivity contribution in [1.82, 2.24) is 45.4 Å². The Morgan fingerprint density at radius 2 is 0.813 bits per heavy atom. The second-order valence-electron chi connectivity index (χ2n) is 33.4. The van der Waals surface area contributed by atoms with Crippen molar-refractivity contribution in [1.29, 1.82) is 0 Å². The number of H-pyrrole nitrogens is 1. The number of aromatic amines is 1. The molecule has 0 aromatic carbocycles. The van der Waals surface area contributed by atoms with E-state index in [0.29, 0.717) is 107 Å². The van der Waals surface area contributed by atoms with Crippen molar-refractivity contribution in [2.75, 3.05) is 26.7 Å². The quantitative estimate of drug-likeness (QED) is 0.131. The number of rotatable bonds is 11. The van der Waals surface area contributed by atoms with E-state index < -0.39 is 16.8 Å². The summed E-state index contributed by atoms with van der Waals surface area (Å²) in [4.78, 5) is 40.5. The number of hydrogen-bond donors (Lipinski definition) is 4. The molecule has 27 atom stereocenters. The monoisotopic (exact) mass is 1330 g/mol. The second kappa shape index (κ2) is 26.9. The molecule has 0 saturated heterocycles. The van der Waals surface area contributed by atoms with Gasteiger partial charge >= 0.3 is 0 Å². The predicted molar refractivity (Wildman–Crippen MR) is 347 cm³/mol. The highest BCUT2D eigenvalue weighted by atomic mass is 79.9. The number of nitrogens with zero attached hydrogens (tertiary/aromatic N) is 8. The maximum Gasteiger partial charge on any atom is 0.159 e. The number of carbonyl (C=O) groups excluding carboxylic acids is 3. The lowest BCUT2D eigenvalue weighted by Gasteiger charge is -2.58. The number of aliphatic hydroxyl groups is 3. The maximum absolute atomic E-state index is 13.2. The molecule has 0 radical (unpaired) electrons. The first-order chi connectivity index (χ1) is 43.4. The van der Waals surface area contributed by atoms with Crippen LogP contribution in [0.25, 0.3) is 0 Å². The summed E-state index contributed by atoms with van der Waals surface area (Å²) in [5.41, 5.74) is -1.22.